The van der Waals surface area contributed by atoms with Crippen LogP contribution >= 0.6 is 7.14 Å². The molecule has 0 aromatic heterocycles. The van der Waals surface area contributed by atoms with Gasteiger partial charge in [0, 0.05) is 38.3 Å². The maximum Gasteiger partial charge on any atom is 0.0880 e. The molecule has 4 nitrogen and oxygen atoms in total. The molecular weight excluding hydrogens is 203 g/mol. The maximum absolute atomic E-state index is 12.2. The largest absolute Gasteiger partial charge is 0.396 e. The monoisotopic (exact) mass is 224 g/mol. The van der Waals surface area contributed by atoms with Gasteiger partial charge in [-0.1, -0.05) is 0 Å². The van der Waals surface area contributed by atoms with Crippen LogP contribution < -0.4 is 0 Å². The van der Waals surface area contributed by atoms with Gasteiger partial charge in [-0.2, -0.15) is 0 Å². The second kappa shape index (κ2) is 8.42. The summed E-state index contributed by atoms with van der Waals surface area (Å²) in [4.78, 5) is 0. The number of hydrogen-bond donors (Lipinski definition) is 3. The highest BCUT2D eigenvalue weighted by Gasteiger charge is 2.20. The number of hydrogen-bond acceptors (Lipinski definition) is 4. The minimum atomic E-state index is -2.25. The fourth-order valence-corrected chi connectivity index (χ4v) is 4.24. The molecule has 86 valence electrons. The Balaban J connectivity index is 3.97. The summed E-state index contributed by atoms with van der Waals surface area (Å²) in [6, 6.07) is 0. The molecule has 0 aromatic carbocycles. The van der Waals surface area contributed by atoms with Crippen molar-refractivity contribution >= 4 is 7.14 Å². The van der Waals surface area contributed by atoms with E-state index in [0.717, 1.165) is 0 Å². The van der Waals surface area contributed by atoms with Gasteiger partial charge in [0.15, 0.2) is 0 Å². The van der Waals surface area contributed by atoms with Gasteiger partial charge >= 0.3 is 0 Å². The highest BCUT2D eigenvalue weighted by atomic mass is 31.2. The van der Waals surface area contributed by atoms with Crippen LogP contribution in [0.4, 0.5) is 0 Å². The third-order valence-corrected chi connectivity index (χ3v) is 5.57. The van der Waals surface area contributed by atoms with E-state index in [2.05, 4.69) is 0 Å². The van der Waals surface area contributed by atoms with Crippen molar-refractivity contribution in [1.29, 1.82) is 0 Å². The van der Waals surface area contributed by atoms with Crippen molar-refractivity contribution in [3.8, 4) is 0 Å². The molecule has 5 heteroatoms. The molecule has 0 amide bonds. The van der Waals surface area contributed by atoms with E-state index in [4.69, 9.17) is 15.3 Å². The van der Waals surface area contributed by atoms with E-state index in [0.29, 0.717) is 37.7 Å². The first-order valence-corrected chi connectivity index (χ1v) is 7.34. The lowest BCUT2D eigenvalue weighted by Crippen LogP contribution is -2.05. The summed E-state index contributed by atoms with van der Waals surface area (Å²) in [6.45, 7) is 0.173. The summed E-state index contributed by atoms with van der Waals surface area (Å²) >= 11 is 0. The predicted octanol–water partition coefficient (Wildman–Crippen LogP) is 0.497. The molecule has 0 saturated heterocycles. The highest BCUT2D eigenvalue weighted by molar-refractivity contribution is 7.63. The van der Waals surface area contributed by atoms with Crippen molar-refractivity contribution < 1.29 is 19.9 Å². The van der Waals surface area contributed by atoms with E-state index < -0.39 is 7.14 Å². The lowest BCUT2D eigenvalue weighted by molar-refractivity contribution is 0.290. The van der Waals surface area contributed by atoms with E-state index in [1.54, 1.807) is 0 Å². The van der Waals surface area contributed by atoms with Gasteiger partial charge in [-0.3, -0.25) is 0 Å². The Hall–Kier alpha value is 0.110. The van der Waals surface area contributed by atoms with Crippen molar-refractivity contribution in [2.75, 3.05) is 38.3 Å². The van der Waals surface area contributed by atoms with Gasteiger partial charge in [0.1, 0.15) is 0 Å². The Kier molecular flexibility index (Phi) is 8.49. The number of rotatable bonds is 9. The van der Waals surface area contributed by atoms with Crippen LogP contribution in [0, 0.1) is 0 Å². The Labute approximate surface area is 85.3 Å². The van der Waals surface area contributed by atoms with Crippen molar-refractivity contribution in [1.82, 2.24) is 0 Å². The molecule has 0 rings (SSSR count). The smallest absolute Gasteiger partial charge is 0.0880 e. The van der Waals surface area contributed by atoms with Crippen LogP contribution in [0.25, 0.3) is 0 Å². The van der Waals surface area contributed by atoms with Crippen LogP contribution in [0.1, 0.15) is 19.3 Å². The van der Waals surface area contributed by atoms with Gasteiger partial charge in [-0.25, -0.2) is 0 Å². The number of aliphatic hydroxyl groups excluding tert-OH is 3. The van der Waals surface area contributed by atoms with Crippen LogP contribution in [-0.2, 0) is 4.57 Å². The van der Waals surface area contributed by atoms with Crippen LogP contribution in [0.15, 0.2) is 0 Å². The molecule has 0 spiro atoms. The minimum absolute atomic E-state index is 0.0578. The molecule has 0 saturated carbocycles. The van der Waals surface area contributed by atoms with Gasteiger partial charge in [0.2, 0.25) is 0 Å². The van der Waals surface area contributed by atoms with Gasteiger partial charge in [-0.05, 0) is 19.3 Å². The first-order chi connectivity index (χ1) is 6.68. The molecule has 0 unspecified atom stereocenters. The molecule has 14 heavy (non-hydrogen) atoms. The first kappa shape index (κ1) is 14.1. The van der Waals surface area contributed by atoms with Crippen LogP contribution in [0.2, 0.25) is 0 Å². The predicted molar refractivity (Wildman–Crippen MR) is 57.3 cm³/mol. The average Bonchev–Trinajstić information content (AvgIpc) is 2.21. The van der Waals surface area contributed by atoms with E-state index in [9.17, 15) is 4.57 Å². The second-order valence-electron chi connectivity index (χ2n) is 3.46. The zero-order valence-corrected chi connectivity index (χ0v) is 9.46. The molecule has 0 aliphatic heterocycles. The Morgan fingerprint density at radius 3 is 1.21 bits per heavy atom. The van der Waals surface area contributed by atoms with Crippen LogP contribution in [0.5, 0.6) is 0 Å². The number of aliphatic hydroxyl groups is 3. The topological polar surface area (TPSA) is 77.8 Å². The maximum atomic E-state index is 12.2. The van der Waals surface area contributed by atoms with Crippen molar-refractivity contribution in [2.24, 2.45) is 0 Å². The van der Waals surface area contributed by atoms with E-state index in [1.807, 2.05) is 0 Å². The average molecular weight is 224 g/mol. The van der Waals surface area contributed by atoms with Gasteiger partial charge in [0.05, 0.1) is 7.14 Å². The zero-order valence-electron chi connectivity index (χ0n) is 8.56. The van der Waals surface area contributed by atoms with Crippen molar-refractivity contribution in [3.05, 3.63) is 0 Å². The van der Waals surface area contributed by atoms with Crippen LogP contribution in [0.3, 0.4) is 0 Å². The SMILES string of the molecule is O=P(CCCO)(CCCO)CCCO. The minimum Gasteiger partial charge on any atom is -0.396 e. The standard InChI is InChI=1S/C9H21O4P/c10-4-1-7-14(13,8-2-5-11)9-3-6-12/h10-12H,1-9H2. The highest BCUT2D eigenvalue weighted by Crippen LogP contribution is 2.47. The van der Waals surface area contributed by atoms with Crippen molar-refractivity contribution in [3.63, 3.8) is 0 Å². The summed E-state index contributed by atoms with van der Waals surface area (Å²) < 4.78 is 12.2. The van der Waals surface area contributed by atoms with Gasteiger partial charge < -0.3 is 19.9 Å². The molecule has 0 aliphatic carbocycles. The van der Waals surface area contributed by atoms with Crippen molar-refractivity contribution in [2.45, 2.75) is 19.3 Å². The summed E-state index contributed by atoms with van der Waals surface area (Å²) in [6.07, 6.45) is 3.24. The lowest BCUT2D eigenvalue weighted by Gasteiger charge is -2.16. The van der Waals surface area contributed by atoms with Gasteiger partial charge in [0.25, 0.3) is 0 Å². The molecule has 3 N–H and O–H groups in total. The van der Waals surface area contributed by atoms with E-state index >= 15 is 0 Å². The Bertz CT molecular complexity index is 144. The first-order valence-electron chi connectivity index (χ1n) is 5.08. The van der Waals surface area contributed by atoms with Gasteiger partial charge in [-0.15, -0.1) is 0 Å². The molecule has 0 fully saturated rings. The van der Waals surface area contributed by atoms with E-state index in [-0.39, 0.29) is 19.8 Å². The summed E-state index contributed by atoms with van der Waals surface area (Å²) in [5.41, 5.74) is 0. The normalized spacial score (nSPS) is 11.9. The fourth-order valence-electron chi connectivity index (χ4n) is 1.41. The summed E-state index contributed by atoms with van der Waals surface area (Å²) in [5.74, 6) is 0. The second-order valence-corrected chi connectivity index (χ2v) is 6.92. The Morgan fingerprint density at radius 1 is 0.714 bits per heavy atom. The zero-order chi connectivity index (χ0) is 10.9. The van der Waals surface area contributed by atoms with Crippen LogP contribution in [-0.4, -0.2) is 53.6 Å². The van der Waals surface area contributed by atoms with E-state index in [1.165, 1.54) is 0 Å². The molecule has 0 bridgehead atoms. The fraction of sp³-hybridized carbons (Fsp3) is 1.00. The molecular formula is C9H21O4P. The summed E-state index contributed by atoms with van der Waals surface area (Å²) in [5, 5.41) is 26.0. The summed E-state index contributed by atoms with van der Waals surface area (Å²) in [7, 11) is -2.25. The molecule has 0 aromatic rings. The lowest BCUT2D eigenvalue weighted by atomic mass is 10.5. The third kappa shape index (κ3) is 6.55. The molecule has 0 radical (unpaired) electrons. The molecule has 0 aliphatic rings. The molecule has 0 atom stereocenters. The quantitative estimate of drug-likeness (QED) is 0.498. The molecule has 0 heterocycles. The Morgan fingerprint density at radius 2 is 1.00 bits per heavy atom. The third-order valence-electron chi connectivity index (χ3n) is 2.17.